The second kappa shape index (κ2) is 4.94. The Morgan fingerprint density at radius 3 is 3.00 bits per heavy atom. The van der Waals surface area contributed by atoms with E-state index in [0.717, 1.165) is 4.88 Å². The molecule has 0 saturated carbocycles. The molecule has 0 aliphatic heterocycles. The van der Waals surface area contributed by atoms with Crippen LogP contribution in [0.4, 0.5) is 0 Å². The Balaban J connectivity index is 2.50. The molecule has 3 nitrogen and oxygen atoms in total. The van der Waals surface area contributed by atoms with E-state index in [2.05, 4.69) is 21.9 Å². The third kappa shape index (κ3) is 3.12. The number of hydrogen-bond donors (Lipinski definition) is 2. The van der Waals surface area contributed by atoms with Gasteiger partial charge in [0.05, 0.1) is 6.21 Å². The van der Waals surface area contributed by atoms with Crippen molar-refractivity contribution in [2.24, 2.45) is 5.10 Å². The molecule has 0 saturated heterocycles. The average molecular weight is 213 g/mol. The lowest BCUT2D eigenvalue weighted by atomic mass is 10.3. The molecule has 1 rings (SSSR count). The van der Waals surface area contributed by atoms with Crippen LogP contribution in [-0.4, -0.2) is 18.4 Å². The molecule has 1 aromatic rings. The summed E-state index contributed by atoms with van der Waals surface area (Å²) < 4.78 is 0. The monoisotopic (exact) mass is 213 g/mol. The maximum atomic E-state index is 4.85. The van der Waals surface area contributed by atoms with Gasteiger partial charge in [0.15, 0.2) is 5.11 Å². The van der Waals surface area contributed by atoms with Crippen molar-refractivity contribution in [2.75, 3.05) is 7.05 Å². The zero-order valence-corrected chi connectivity index (χ0v) is 9.13. The highest BCUT2D eigenvalue weighted by Gasteiger charge is 1.94. The lowest BCUT2D eigenvalue weighted by Crippen LogP contribution is -2.28. The van der Waals surface area contributed by atoms with Gasteiger partial charge in [0.25, 0.3) is 0 Å². The Bertz CT molecular complexity index is 317. The summed E-state index contributed by atoms with van der Waals surface area (Å²) in [4.78, 5) is 1.14. The summed E-state index contributed by atoms with van der Waals surface area (Å²) in [6, 6.07) is 2.06. The zero-order valence-electron chi connectivity index (χ0n) is 7.50. The number of hydrazone groups is 1. The molecule has 0 aromatic carbocycles. The van der Waals surface area contributed by atoms with Gasteiger partial charge in [-0.2, -0.15) is 5.10 Å². The van der Waals surface area contributed by atoms with E-state index in [4.69, 9.17) is 12.2 Å². The first-order valence-corrected chi connectivity index (χ1v) is 5.07. The van der Waals surface area contributed by atoms with E-state index in [-0.39, 0.29) is 0 Å². The second-order valence-electron chi connectivity index (χ2n) is 2.42. The quantitative estimate of drug-likeness (QED) is 0.444. The molecule has 70 valence electrons. The molecule has 0 aliphatic rings. The Labute approximate surface area is 86.9 Å². The van der Waals surface area contributed by atoms with Crippen LogP contribution in [-0.2, 0) is 0 Å². The smallest absolute Gasteiger partial charge is 0.186 e. The fourth-order valence-corrected chi connectivity index (χ4v) is 1.56. The highest BCUT2D eigenvalue weighted by molar-refractivity contribution is 7.80. The first-order valence-electron chi connectivity index (χ1n) is 3.79. The molecule has 0 bridgehead atoms. The standard InChI is InChI=1S/C8H11N3S2/c1-6-3-4-13-7(6)5-10-11-8(12)9-2/h3-5H,1-2H3,(H2,9,11,12)/b10-5+. The van der Waals surface area contributed by atoms with Crippen molar-refractivity contribution in [3.05, 3.63) is 21.9 Å². The topological polar surface area (TPSA) is 36.4 Å². The minimum atomic E-state index is 0.519. The summed E-state index contributed by atoms with van der Waals surface area (Å²) in [6.45, 7) is 2.05. The van der Waals surface area contributed by atoms with Crippen LogP contribution in [0.15, 0.2) is 16.5 Å². The molecule has 5 heteroatoms. The third-order valence-electron chi connectivity index (χ3n) is 1.48. The van der Waals surface area contributed by atoms with Crippen LogP contribution >= 0.6 is 23.6 Å². The maximum absolute atomic E-state index is 4.85. The summed E-state index contributed by atoms with van der Waals surface area (Å²) in [5, 5.41) is 9.30. The lowest BCUT2D eigenvalue weighted by Gasteiger charge is -1.98. The molecule has 1 heterocycles. The van der Waals surface area contributed by atoms with Crippen LogP contribution in [0, 0.1) is 6.92 Å². The largest absolute Gasteiger partial charge is 0.364 e. The predicted octanol–water partition coefficient (Wildman–Crippen LogP) is 1.48. The number of thiophene rings is 1. The van der Waals surface area contributed by atoms with Gasteiger partial charge in [-0.3, -0.25) is 5.43 Å². The fourth-order valence-electron chi connectivity index (χ4n) is 0.722. The first-order chi connectivity index (χ1) is 6.24. The van der Waals surface area contributed by atoms with Gasteiger partial charge in [-0.15, -0.1) is 11.3 Å². The van der Waals surface area contributed by atoms with Gasteiger partial charge < -0.3 is 5.32 Å². The molecule has 0 atom stereocenters. The van der Waals surface area contributed by atoms with Crippen LogP contribution in [0.3, 0.4) is 0 Å². The van der Waals surface area contributed by atoms with Gasteiger partial charge in [-0.25, -0.2) is 0 Å². The van der Waals surface area contributed by atoms with Gasteiger partial charge in [-0.1, -0.05) is 0 Å². The molecule has 1 aromatic heterocycles. The van der Waals surface area contributed by atoms with Gasteiger partial charge >= 0.3 is 0 Å². The summed E-state index contributed by atoms with van der Waals surface area (Å²) >= 11 is 6.51. The molecule has 0 amide bonds. The van der Waals surface area contributed by atoms with Crippen molar-refractivity contribution in [3.63, 3.8) is 0 Å². The molecule has 13 heavy (non-hydrogen) atoms. The summed E-state index contributed by atoms with van der Waals surface area (Å²) in [7, 11) is 1.75. The van der Waals surface area contributed by atoms with Crippen molar-refractivity contribution >= 4 is 34.9 Å². The minimum Gasteiger partial charge on any atom is -0.364 e. The van der Waals surface area contributed by atoms with E-state index < -0.39 is 0 Å². The second-order valence-corrected chi connectivity index (χ2v) is 3.77. The molecule has 0 spiro atoms. The number of aryl methyl sites for hydroxylation is 1. The van der Waals surface area contributed by atoms with Gasteiger partial charge in [-0.05, 0) is 36.2 Å². The van der Waals surface area contributed by atoms with Crippen LogP contribution in [0.5, 0.6) is 0 Å². The highest BCUT2D eigenvalue weighted by atomic mass is 32.1. The number of thiocarbonyl (C=S) groups is 1. The first kappa shape index (κ1) is 10.1. The van der Waals surface area contributed by atoms with Crippen molar-refractivity contribution in [1.82, 2.24) is 10.7 Å². The highest BCUT2D eigenvalue weighted by Crippen LogP contribution is 2.11. The Kier molecular flexibility index (Phi) is 3.85. The van der Waals surface area contributed by atoms with E-state index in [1.54, 1.807) is 24.6 Å². The van der Waals surface area contributed by atoms with E-state index in [1.165, 1.54) is 5.56 Å². The van der Waals surface area contributed by atoms with Gasteiger partial charge in [0.2, 0.25) is 0 Å². The predicted molar refractivity (Wildman–Crippen MR) is 61.4 cm³/mol. The summed E-state index contributed by atoms with van der Waals surface area (Å²) in [5.74, 6) is 0. The average Bonchev–Trinajstić information content (AvgIpc) is 2.52. The van der Waals surface area contributed by atoms with E-state index in [1.807, 2.05) is 12.3 Å². The molecular weight excluding hydrogens is 202 g/mol. The SMILES string of the molecule is CNC(=S)N/N=C/c1sccc1C. The van der Waals surface area contributed by atoms with E-state index in [0.29, 0.717) is 5.11 Å². The third-order valence-corrected chi connectivity index (χ3v) is 2.73. The molecule has 2 N–H and O–H groups in total. The molecular formula is C8H11N3S2. The Hall–Kier alpha value is -0.940. The Morgan fingerprint density at radius 1 is 1.69 bits per heavy atom. The molecule has 0 aliphatic carbocycles. The number of rotatable bonds is 2. The van der Waals surface area contributed by atoms with Crippen LogP contribution in [0.1, 0.15) is 10.4 Å². The number of nitrogens with one attached hydrogen (secondary N) is 2. The molecule has 0 fully saturated rings. The number of hydrogen-bond acceptors (Lipinski definition) is 3. The van der Waals surface area contributed by atoms with Gasteiger partial charge in [0.1, 0.15) is 0 Å². The van der Waals surface area contributed by atoms with E-state index in [9.17, 15) is 0 Å². The van der Waals surface area contributed by atoms with Gasteiger partial charge in [0, 0.05) is 11.9 Å². The summed E-state index contributed by atoms with van der Waals surface area (Å²) in [6.07, 6.45) is 1.77. The molecule has 0 radical (unpaired) electrons. The normalized spacial score (nSPS) is 10.3. The minimum absolute atomic E-state index is 0.519. The van der Waals surface area contributed by atoms with Crippen LogP contribution < -0.4 is 10.7 Å². The van der Waals surface area contributed by atoms with Crippen molar-refractivity contribution in [1.29, 1.82) is 0 Å². The lowest BCUT2D eigenvalue weighted by molar-refractivity contribution is 0.982. The van der Waals surface area contributed by atoms with Crippen LogP contribution in [0.25, 0.3) is 0 Å². The molecule has 0 unspecified atom stereocenters. The fraction of sp³-hybridized carbons (Fsp3) is 0.250. The van der Waals surface area contributed by atoms with E-state index >= 15 is 0 Å². The van der Waals surface area contributed by atoms with Crippen molar-refractivity contribution in [3.8, 4) is 0 Å². The van der Waals surface area contributed by atoms with Crippen molar-refractivity contribution < 1.29 is 0 Å². The van der Waals surface area contributed by atoms with Crippen LogP contribution in [0.2, 0.25) is 0 Å². The summed E-state index contributed by atoms with van der Waals surface area (Å²) in [5.41, 5.74) is 3.92. The zero-order chi connectivity index (χ0) is 9.68. The maximum Gasteiger partial charge on any atom is 0.186 e. The van der Waals surface area contributed by atoms with Crippen molar-refractivity contribution in [2.45, 2.75) is 6.92 Å². The Morgan fingerprint density at radius 2 is 2.46 bits per heavy atom. The number of nitrogens with zero attached hydrogens (tertiary/aromatic N) is 1.